The maximum absolute atomic E-state index is 13.2. The van der Waals surface area contributed by atoms with Crippen LogP contribution in [-0.2, 0) is 0 Å². The maximum atomic E-state index is 13.2. The number of nitrogens with zero attached hydrogens (tertiary/aromatic N) is 2. The molecule has 0 radical (unpaired) electrons. The number of hydrogen-bond acceptors (Lipinski definition) is 2. The molecule has 0 unspecified atom stereocenters. The minimum Gasteiger partial charge on any atom is -0.318 e. The molecule has 0 spiro atoms. The summed E-state index contributed by atoms with van der Waals surface area (Å²) in [5, 5.41) is 4.01. The van der Waals surface area contributed by atoms with Crippen LogP contribution < -0.4 is 5.43 Å². The van der Waals surface area contributed by atoms with E-state index >= 15 is 0 Å². The molecule has 0 saturated carbocycles. The number of halogens is 1. The lowest BCUT2D eigenvalue weighted by Crippen LogP contribution is -2.17. The molecule has 1 N–H and O–H groups in total. The number of carbonyl (C=O) groups is 1. The zero-order valence-electron chi connectivity index (χ0n) is 15.0. The van der Waals surface area contributed by atoms with Gasteiger partial charge in [0.15, 0.2) is 0 Å². The van der Waals surface area contributed by atoms with Crippen molar-refractivity contribution in [1.82, 2.24) is 9.99 Å². The van der Waals surface area contributed by atoms with Crippen LogP contribution in [0.25, 0.3) is 5.69 Å². The van der Waals surface area contributed by atoms with Gasteiger partial charge >= 0.3 is 0 Å². The van der Waals surface area contributed by atoms with Crippen molar-refractivity contribution in [2.75, 3.05) is 0 Å². The molecule has 0 aliphatic rings. The Hall–Kier alpha value is -3.21. The highest BCUT2D eigenvalue weighted by Gasteiger charge is 2.10. The van der Waals surface area contributed by atoms with Gasteiger partial charge in [0, 0.05) is 28.2 Å². The van der Waals surface area contributed by atoms with E-state index in [0.717, 1.165) is 22.6 Å². The Bertz CT molecular complexity index is 989. The average Bonchev–Trinajstić information content (AvgIpc) is 2.88. The van der Waals surface area contributed by atoms with Crippen molar-refractivity contribution < 1.29 is 9.18 Å². The first-order valence-electron chi connectivity index (χ1n) is 8.30. The number of hydrogen-bond donors (Lipinski definition) is 1. The number of nitrogens with one attached hydrogen (secondary N) is 1. The van der Waals surface area contributed by atoms with E-state index in [-0.39, 0.29) is 5.56 Å². The Kier molecular flexibility index (Phi) is 4.98. The van der Waals surface area contributed by atoms with E-state index in [1.54, 1.807) is 6.21 Å². The molecule has 0 aliphatic heterocycles. The van der Waals surface area contributed by atoms with Crippen LogP contribution in [-0.4, -0.2) is 16.7 Å². The van der Waals surface area contributed by atoms with Gasteiger partial charge in [0.25, 0.3) is 5.91 Å². The van der Waals surface area contributed by atoms with Crippen LogP contribution in [0.3, 0.4) is 0 Å². The second kappa shape index (κ2) is 7.35. The maximum Gasteiger partial charge on any atom is 0.271 e. The fourth-order valence-corrected chi connectivity index (χ4v) is 2.94. The van der Waals surface area contributed by atoms with Crippen LogP contribution in [0.2, 0.25) is 0 Å². The van der Waals surface area contributed by atoms with Crippen molar-refractivity contribution in [3.63, 3.8) is 0 Å². The van der Waals surface area contributed by atoms with E-state index in [0.29, 0.717) is 0 Å². The van der Waals surface area contributed by atoms with Crippen LogP contribution >= 0.6 is 0 Å². The molecule has 3 aromatic rings. The fraction of sp³-hybridized carbons (Fsp3) is 0.143. The normalized spacial score (nSPS) is 11.1. The van der Waals surface area contributed by atoms with E-state index in [1.807, 2.05) is 26.0 Å². The first kappa shape index (κ1) is 17.6. The summed E-state index contributed by atoms with van der Waals surface area (Å²) in [5.74, 6) is -0.906. The highest BCUT2D eigenvalue weighted by atomic mass is 19.1. The molecule has 5 heteroatoms. The van der Waals surface area contributed by atoms with Crippen molar-refractivity contribution in [3.8, 4) is 5.69 Å². The number of rotatable bonds is 4. The number of aryl methyl sites for hydroxylation is 2. The molecular formula is C21H20FN3O. The number of aromatic nitrogens is 1. The first-order valence-corrected chi connectivity index (χ1v) is 8.30. The third-order valence-corrected chi connectivity index (χ3v) is 4.19. The summed E-state index contributed by atoms with van der Waals surface area (Å²) in [4.78, 5) is 12.0. The van der Waals surface area contributed by atoms with Crippen molar-refractivity contribution in [2.24, 2.45) is 5.10 Å². The van der Waals surface area contributed by atoms with Crippen LogP contribution in [0.1, 0.15) is 32.9 Å². The predicted octanol–water partition coefficient (Wildman–Crippen LogP) is 4.31. The summed E-state index contributed by atoms with van der Waals surface area (Å²) < 4.78 is 15.3. The lowest BCUT2D eigenvalue weighted by molar-refractivity contribution is 0.0954. The minimum atomic E-state index is -0.455. The first-order chi connectivity index (χ1) is 12.5. The van der Waals surface area contributed by atoms with Crippen LogP contribution in [0.5, 0.6) is 0 Å². The van der Waals surface area contributed by atoms with Crippen molar-refractivity contribution >= 4 is 12.1 Å². The molecule has 132 valence electrons. The minimum absolute atomic E-state index is 0.229. The summed E-state index contributed by atoms with van der Waals surface area (Å²) in [6, 6.07) is 15.8. The second-order valence-corrected chi connectivity index (χ2v) is 6.21. The smallest absolute Gasteiger partial charge is 0.271 e. The monoisotopic (exact) mass is 349 g/mol. The van der Waals surface area contributed by atoms with Crippen LogP contribution in [0.4, 0.5) is 4.39 Å². The van der Waals surface area contributed by atoms with Crippen molar-refractivity contribution in [3.05, 3.63) is 88.5 Å². The molecule has 0 fully saturated rings. The lowest BCUT2D eigenvalue weighted by atomic mass is 10.2. The van der Waals surface area contributed by atoms with Gasteiger partial charge in [-0.25, -0.2) is 9.82 Å². The van der Waals surface area contributed by atoms with Gasteiger partial charge in [-0.15, -0.1) is 0 Å². The lowest BCUT2D eigenvalue weighted by Gasteiger charge is -2.10. The largest absolute Gasteiger partial charge is 0.318 e. The number of benzene rings is 2. The Morgan fingerprint density at radius 2 is 1.85 bits per heavy atom. The quantitative estimate of drug-likeness (QED) is 0.554. The van der Waals surface area contributed by atoms with E-state index in [1.165, 1.54) is 29.8 Å². The van der Waals surface area contributed by atoms with Gasteiger partial charge in [0.1, 0.15) is 5.82 Å². The summed E-state index contributed by atoms with van der Waals surface area (Å²) >= 11 is 0. The van der Waals surface area contributed by atoms with Crippen molar-refractivity contribution in [1.29, 1.82) is 0 Å². The molecule has 1 aromatic heterocycles. The molecule has 0 saturated heterocycles. The van der Waals surface area contributed by atoms with Crippen molar-refractivity contribution in [2.45, 2.75) is 20.8 Å². The summed E-state index contributed by atoms with van der Waals surface area (Å²) in [7, 11) is 0. The van der Waals surface area contributed by atoms with Gasteiger partial charge in [0.05, 0.1) is 6.21 Å². The third-order valence-electron chi connectivity index (χ3n) is 4.19. The van der Waals surface area contributed by atoms with E-state index in [4.69, 9.17) is 0 Å². The molecule has 1 amide bonds. The Labute approximate surface area is 152 Å². The van der Waals surface area contributed by atoms with Crippen LogP contribution in [0.15, 0.2) is 59.7 Å². The fourth-order valence-electron chi connectivity index (χ4n) is 2.94. The average molecular weight is 349 g/mol. The molecule has 4 nitrogen and oxygen atoms in total. The molecule has 26 heavy (non-hydrogen) atoms. The van der Waals surface area contributed by atoms with Gasteiger partial charge in [-0.3, -0.25) is 4.79 Å². The Morgan fingerprint density at radius 1 is 1.08 bits per heavy atom. The molecule has 0 aliphatic carbocycles. The highest BCUT2D eigenvalue weighted by molar-refractivity contribution is 5.95. The van der Waals surface area contributed by atoms with Gasteiger partial charge in [0.2, 0.25) is 0 Å². The topological polar surface area (TPSA) is 46.4 Å². The zero-order valence-corrected chi connectivity index (χ0v) is 15.0. The molecule has 0 atom stereocenters. The predicted molar refractivity (Wildman–Crippen MR) is 101 cm³/mol. The van der Waals surface area contributed by atoms with Gasteiger partial charge in [-0.2, -0.15) is 5.10 Å². The summed E-state index contributed by atoms with van der Waals surface area (Å²) in [6.45, 7) is 6.09. The third kappa shape index (κ3) is 3.72. The summed E-state index contributed by atoms with van der Waals surface area (Å²) in [6.07, 6.45) is 1.60. The molecule has 3 rings (SSSR count). The van der Waals surface area contributed by atoms with Crippen LogP contribution in [0, 0.1) is 26.6 Å². The number of carbonyl (C=O) groups excluding carboxylic acids is 1. The van der Waals surface area contributed by atoms with Gasteiger partial charge in [-0.05, 0) is 62.7 Å². The molecular weight excluding hydrogens is 329 g/mol. The zero-order chi connectivity index (χ0) is 18.7. The van der Waals surface area contributed by atoms with E-state index in [9.17, 15) is 9.18 Å². The Morgan fingerprint density at radius 3 is 2.58 bits per heavy atom. The molecule has 2 aromatic carbocycles. The van der Waals surface area contributed by atoms with Gasteiger partial charge in [-0.1, -0.05) is 18.2 Å². The van der Waals surface area contributed by atoms with E-state index < -0.39 is 11.7 Å². The van der Waals surface area contributed by atoms with Gasteiger partial charge < -0.3 is 4.57 Å². The highest BCUT2D eigenvalue weighted by Crippen LogP contribution is 2.20. The number of amides is 1. The standard InChI is InChI=1S/C21H20FN3O/c1-14-6-4-9-20(10-14)25-15(2)11-18(16(25)3)13-23-24-21(26)17-7-5-8-19(22)12-17/h4-13H,1-3H3,(H,24,26)/b23-13-. The molecule has 0 bridgehead atoms. The van der Waals surface area contributed by atoms with E-state index in [2.05, 4.69) is 40.2 Å². The number of hydrazone groups is 1. The summed E-state index contributed by atoms with van der Waals surface area (Å²) in [5.41, 5.74) is 7.94. The Balaban J connectivity index is 1.79. The molecule has 1 heterocycles. The SMILES string of the molecule is Cc1cccc(-n2c(C)cc(/C=N\NC(=O)c3cccc(F)c3)c2C)c1. The second-order valence-electron chi connectivity index (χ2n) is 6.21.